The van der Waals surface area contributed by atoms with Crippen molar-refractivity contribution in [3.63, 3.8) is 0 Å². The summed E-state index contributed by atoms with van der Waals surface area (Å²) in [5.74, 6) is 1.55. The first-order valence-electron chi connectivity index (χ1n) is 8.74. The quantitative estimate of drug-likeness (QED) is 0.365. The standard InChI is InChI=1S/C16H27F3N6O.HI/c1-5-20-14(21-8-12-23-13(26-24-12)15(2,3)4)22-11-6-7-25(9-11)10-16(17,18)19;/h11H,5-10H2,1-4H3,(H2,20,21,22);1H. The molecule has 27 heavy (non-hydrogen) atoms. The molecule has 2 N–H and O–H groups in total. The van der Waals surface area contributed by atoms with Crippen LogP contribution in [0.4, 0.5) is 13.2 Å². The third-order valence-electron chi connectivity index (χ3n) is 3.85. The molecule has 1 atom stereocenters. The second-order valence-electron chi connectivity index (χ2n) is 7.44. The minimum atomic E-state index is -4.17. The number of rotatable bonds is 5. The fourth-order valence-electron chi connectivity index (χ4n) is 2.63. The zero-order valence-corrected chi connectivity index (χ0v) is 18.4. The number of guanidine groups is 1. The van der Waals surface area contributed by atoms with Crippen LogP contribution in [0.5, 0.6) is 0 Å². The zero-order chi connectivity index (χ0) is 19.4. The Morgan fingerprint density at radius 1 is 1.33 bits per heavy atom. The summed E-state index contributed by atoms with van der Waals surface area (Å²) in [5, 5.41) is 10.2. The van der Waals surface area contributed by atoms with Gasteiger partial charge in [0.05, 0.1) is 6.54 Å². The third-order valence-corrected chi connectivity index (χ3v) is 3.85. The molecular weight excluding hydrogens is 476 g/mol. The van der Waals surface area contributed by atoms with Crippen LogP contribution in [-0.2, 0) is 12.0 Å². The van der Waals surface area contributed by atoms with Crippen LogP contribution in [0, 0.1) is 0 Å². The van der Waals surface area contributed by atoms with Crippen LogP contribution in [0.1, 0.15) is 45.8 Å². The van der Waals surface area contributed by atoms with Gasteiger partial charge in [-0.25, -0.2) is 4.99 Å². The van der Waals surface area contributed by atoms with Crippen LogP contribution in [-0.4, -0.2) is 59.4 Å². The smallest absolute Gasteiger partial charge is 0.357 e. The van der Waals surface area contributed by atoms with Crippen molar-refractivity contribution in [3.8, 4) is 0 Å². The fraction of sp³-hybridized carbons (Fsp3) is 0.812. The van der Waals surface area contributed by atoms with E-state index in [4.69, 9.17) is 4.52 Å². The maximum atomic E-state index is 12.5. The molecule has 1 saturated heterocycles. The lowest BCUT2D eigenvalue weighted by molar-refractivity contribution is -0.143. The van der Waals surface area contributed by atoms with E-state index in [9.17, 15) is 13.2 Å². The minimum Gasteiger partial charge on any atom is -0.357 e. The Bertz CT molecular complexity index is 614. The molecule has 7 nitrogen and oxygen atoms in total. The molecule has 2 heterocycles. The van der Waals surface area contributed by atoms with Gasteiger partial charge >= 0.3 is 6.18 Å². The van der Waals surface area contributed by atoms with Crippen molar-refractivity contribution in [1.82, 2.24) is 25.7 Å². The summed E-state index contributed by atoms with van der Waals surface area (Å²) in [6.45, 7) is 8.60. The van der Waals surface area contributed by atoms with Gasteiger partial charge in [0.1, 0.15) is 6.54 Å². The molecule has 1 aromatic rings. The number of halogens is 4. The molecule has 1 aliphatic heterocycles. The average molecular weight is 504 g/mol. The van der Waals surface area contributed by atoms with Gasteiger partial charge in [-0.05, 0) is 13.3 Å². The predicted octanol–water partition coefficient (Wildman–Crippen LogP) is 2.68. The van der Waals surface area contributed by atoms with E-state index in [0.717, 1.165) is 0 Å². The van der Waals surface area contributed by atoms with Gasteiger partial charge < -0.3 is 15.2 Å². The summed E-state index contributed by atoms with van der Waals surface area (Å²) in [6.07, 6.45) is -3.53. The lowest BCUT2D eigenvalue weighted by Gasteiger charge is -2.19. The Hall–Kier alpha value is -1.11. The fourth-order valence-corrected chi connectivity index (χ4v) is 2.63. The highest BCUT2D eigenvalue weighted by Gasteiger charge is 2.34. The van der Waals surface area contributed by atoms with Gasteiger partial charge in [0, 0.05) is 31.1 Å². The molecule has 0 aromatic carbocycles. The maximum absolute atomic E-state index is 12.5. The minimum absolute atomic E-state index is 0. The highest BCUT2D eigenvalue weighted by Crippen LogP contribution is 2.20. The van der Waals surface area contributed by atoms with E-state index in [1.54, 1.807) is 0 Å². The number of nitrogens with one attached hydrogen (secondary N) is 2. The zero-order valence-electron chi connectivity index (χ0n) is 16.1. The van der Waals surface area contributed by atoms with E-state index in [1.807, 2.05) is 27.7 Å². The van der Waals surface area contributed by atoms with Crippen LogP contribution in [0.25, 0.3) is 0 Å². The molecule has 0 saturated carbocycles. The van der Waals surface area contributed by atoms with Gasteiger partial charge in [-0.3, -0.25) is 4.90 Å². The van der Waals surface area contributed by atoms with Crippen molar-refractivity contribution >= 4 is 29.9 Å². The summed E-state index contributed by atoms with van der Waals surface area (Å²) in [6, 6.07) is -0.0782. The molecule has 1 aromatic heterocycles. The molecule has 0 amide bonds. The summed E-state index contributed by atoms with van der Waals surface area (Å²) in [7, 11) is 0. The van der Waals surface area contributed by atoms with Crippen molar-refractivity contribution in [2.75, 3.05) is 26.2 Å². The van der Waals surface area contributed by atoms with Crippen molar-refractivity contribution in [2.24, 2.45) is 4.99 Å². The van der Waals surface area contributed by atoms with Crippen LogP contribution in [0.2, 0.25) is 0 Å². The van der Waals surface area contributed by atoms with Gasteiger partial charge in [0.15, 0.2) is 11.8 Å². The lowest BCUT2D eigenvalue weighted by atomic mass is 9.97. The highest BCUT2D eigenvalue weighted by molar-refractivity contribution is 14.0. The Balaban J connectivity index is 0.00000364. The van der Waals surface area contributed by atoms with Crippen LogP contribution in [0.3, 0.4) is 0 Å². The topological polar surface area (TPSA) is 78.6 Å². The van der Waals surface area contributed by atoms with E-state index < -0.39 is 12.7 Å². The number of alkyl halides is 3. The number of nitrogens with zero attached hydrogens (tertiary/aromatic N) is 4. The molecule has 156 valence electrons. The monoisotopic (exact) mass is 504 g/mol. The molecular formula is C16H28F3IN6O. The van der Waals surface area contributed by atoms with E-state index >= 15 is 0 Å². The van der Waals surface area contributed by atoms with Crippen LogP contribution >= 0.6 is 24.0 Å². The Morgan fingerprint density at radius 3 is 2.59 bits per heavy atom. The van der Waals surface area contributed by atoms with Gasteiger partial charge in [0.2, 0.25) is 5.89 Å². The molecule has 0 radical (unpaired) electrons. The van der Waals surface area contributed by atoms with Crippen molar-refractivity contribution in [1.29, 1.82) is 0 Å². The first-order valence-corrected chi connectivity index (χ1v) is 8.74. The van der Waals surface area contributed by atoms with Crippen molar-refractivity contribution in [2.45, 2.75) is 58.3 Å². The SMILES string of the molecule is CCNC(=NCc1noc(C(C)(C)C)n1)NC1CCN(CC(F)(F)F)C1.I. The van der Waals surface area contributed by atoms with Gasteiger partial charge in [0.25, 0.3) is 0 Å². The number of hydrogen-bond donors (Lipinski definition) is 2. The van der Waals surface area contributed by atoms with Gasteiger partial charge in [-0.15, -0.1) is 24.0 Å². The Kier molecular flexibility index (Phi) is 8.77. The molecule has 0 spiro atoms. The molecule has 1 unspecified atom stereocenters. The number of hydrogen-bond acceptors (Lipinski definition) is 5. The summed E-state index contributed by atoms with van der Waals surface area (Å²) < 4.78 is 42.7. The largest absolute Gasteiger partial charge is 0.401 e. The Morgan fingerprint density at radius 2 is 2.04 bits per heavy atom. The summed E-state index contributed by atoms with van der Waals surface area (Å²) in [5.41, 5.74) is -0.233. The Labute approximate surface area is 174 Å². The molecule has 0 bridgehead atoms. The number of aliphatic imine (C=N–C) groups is 1. The lowest BCUT2D eigenvalue weighted by Crippen LogP contribution is -2.45. The molecule has 2 rings (SSSR count). The molecule has 11 heteroatoms. The average Bonchev–Trinajstić information content (AvgIpc) is 3.12. The van der Waals surface area contributed by atoms with E-state index in [1.165, 1.54) is 4.90 Å². The normalized spacial score (nSPS) is 19.1. The predicted molar refractivity (Wildman–Crippen MR) is 107 cm³/mol. The molecule has 1 aliphatic rings. The van der Waals surface area contributed by atoms with E-state index in [2.05, 4.69) is 25.8 Å². The number of likely N-dealkylation sites (tertiary alicyclic amines) is 1. The van der Waals surface area contributed by atoms with E-state index in [0.29, 0.717) is 43.7 Å². The third kappa shape index (κ3) is 8.20. The maximum Gasteiger partial charge on any atom is 0.401 e. The second kappa shape index (κ2) is 9.89. The van der Waals surface area contributed by atoms with Gasteiger partial charge in [-0.2, -0.15) is 18.2 Å². The van der Waals surface area contributed by atoms with Crippen LogP contribution in [0.15, 0.2) is 9.52 Å². The first kappa shape index (κ1) is 23.9. The summed E-state index contributed by atoms with van der Waals surface area (Å²) >= 11 is 0. The van der Waals surface area contributed by atoms with Crippen molar-refractivity contribution < 1.29 is 17.7 Å². The number of aromatic nitrogens is 2. The molecule has 0 aliphatic carbocycles. The second-order valence-corrected chi connectivity index (χ2v) is 7.44. The summed E-state index contributed by atoms with van der Waals surface area (Å²) in [4.78, 5) is 10.1. The van der Waals surface area contributed by atoms with Gasteiger partial charge in [-0.1, -0.05) is 25.9 Å². The van der Waals surface area contributed by atoms with Crippen LogP contribution < -0.4 is 10.6 Å². The van der Waals surface area contributed by atoms with E-state index in [-0.39, 0.29) is 42.0 Å². The van der Waals surface area contributed by atoms with Crippen molar-refractivity contribution in [3.05, 3.63) is 11.7 Å². The highest BCUT2D eigenvalue weighted by atomic mass is 127. The first-order chi connectivity index (χ1) is 12.1. The molecule has 1 fully saturated rings.